The number of nitrogens with zero attached hydrogens (tertiary/aromatic N) is 2. The van der Waals surface area contributed by atoms with E-state index in [1.165, 1.54) is 6.33 Å². The summed E-state index contributed by atoms with van der Waals surface area (Å²) in [5.41, 5.74) is 5.39. The fourth-order valence-electron chi connectivity index (χ4n) is 2.53. The van der Waals surface area contributed by atoms with Gasteiger partial charge in [0.2, 0.25) is 0 Å². The van der Waals surface area contributed by atoms with Gasteiger partial charge in [0.25, 0.3) is 5.56 Å². The first-order valence-corrected chi connectivity index (χ1v) is 8.20. The molecule has 128 valence electrons. The van der Waals surface area contributed by atoms with Crippen LogP contribution in [-0.4, -0.2) is 15.0 Å². The largest absolute Gasteiger partial charge is 0.382 e. The lowest BCUT2D eigenvalue weighted by molar-refractivity contribution is 0.405. The van der Waals surface area contributed by atoms with Crippen molar-refractivity contribution >= 4 is 28.2 Å². The van der Waals surface area contributed by atoms with E-state index in [1.807, 2.05) is 42.5 Å². The van der Waals surface area contributed by atoms with Gasteiger partial charge in [0.1, 0.15) is 5.69 Å². The van der Waals surface area contributed by atoms with Gasteiger partial charge in [0.05, 0.1) is 17.2 Å². The maximum Gasteiger partial charge on any atom is 0.258 e. The number of benzene rings is 2. The van der Waals surface area contributed by atoms with E-state index in [4.69, 9.17) is 16.4 Å². The van der Waals surface area contributed by atoms with Gasteiger partial charge in [-0.3, -0.25) is 4.79 Å². The minimum absolute atomic E-state index is 0.190. The van der Waals surface area contributed by atoms with Gasteiger partial charge in [-0.25, -0.2) is 15.4 Å². The van der Waals surface area contributed by atoms with Crippen LogP contribution in [0, 0.1) is 0 Å². The fourth-order valence-corrected chi connectivity index (χ4v) is 2.67. The molecule has 0 spiro atoms. The molecule has 0 aliphatic rings. The molecule has 7 heteroatoms. The number of pyridine rings is 1. The molecule has 0 fully saturated rings. The number of halogens is 1. The van der Waals surface area contributed by atoms with Gasteiger partial charge in [0, 0.05) is 11.8 Å². The monoisotopic (exact) mass is 364 g/mol. The molecule has 26 heavy (non-hydrogen) atoms. The number of fused-ring (bicyclic) bond motifs is 1. The number of anilines is 1. The molecule has 4 rings (SSSR count). The predicted octanol–water partition coefficient (Wildman–Crippen LogP) is 4.04. The summed E-state index contributed by atoms with van der Waals surface area (Å²) in [6, 6.07) is 16.5. The highest BCUT2D eigenvalue weighted by molar-refractivity contribution is 6.32. The van der Waals surface area contributed by atoms with Crippen LogP contribution in [0.4, 0.5) is 5.69 Å². The van der Waals surface area contributed by atoms with E-state index in [1.54, 1.807) is 18.3 Å². The Morgan fingerprint density at radius 3 is 2.69 bits per heavy atom. The molecular weight excluding hydrogens is 352 g/mol. The Morgan fingerprint density at radius 2 is 1.85 bits per heavy atom. The molecule has 0 radical (unpaired) electrons. The number of H-pyrrole nitrogens is 1. The maximum atomic E-state index is 12.0. The maximum absolute atomic E-state index is 12.0. The first-order valence-electron chi connectivity index (χ1n) is 7.82. The second-order valence-electron chi connectivity index (χ2n) is 5.54. The lowest BCUT2D eigenvalue weighted by Gasteiger charge is -2.11. The van der Waals surface area contributed by atoms with Gasteiger partial charge in [-0.1, -0.05) is 35.9 Å². The third-order valence-corrected chi connectivity index (χ3v) is 4.14. The first-order chi connectivity index (χ1) is 12.7. The Hall–Kier alpha value is -3.38. The minimum atomic E-state index is -0.190. The molecular formula is C19H13ClN4O2. The average Bonchev–Trinajstić information content (AvgIpc) is 2.68. The van der Waals surface area contributed by atoms with Crippen molar-refractivity contribution in [1.29, 1.82) is 0 Å². The highest BCUT2D eigenvalue weighted by atomic mass is 35.5. The fraction of sp³-hybridized carbons (Fsp3) is 0. The molecule has 0 atom stereocenters. The number of nitrogens with one attached hydrogen (secondary N) is 2. The second-order valence-corrected chi connectivity index (χ2v) is 5.90. The van der Waals surface area contributed by atoms with Crippen LogP contribution in [0.15, 0.2) is 71.9 Å². The quantitative estimate of drug-likeness (QED) is 0.422. The standard InChI is InChI=1S/C19H13ClN4O2/c20-18-17(24-26-14-4-2-1-3-5-14)9-13(10-21-18)12-6-7-16-15(8-12)19(25)23-11-22-16/h1-11,24H,(H,22,23,25). The molecule has 2 aromatic carbocycles. The molecule has 2 N–H and O–H groups in total. The van der Waals surface area contributed by atoms with Crippen LogP contribution in [0.5, 0.6) is 5.75 Å². The van der Waals surface area contributed by atoms with Crippen molar-refractivity contribution in [3.05, 3.63) is 82.6 Å². The summed E-state index contributed by atoms with van der Waals surface area (Å²) in [4.78, 5) is 28.4. The van der Waals surface area contributed by atoms with Crippen LogP contribution in [0.1, 0.15) is 0 Å². The van der Waals surface area contributed by atoms with E-state index in [0.29, 0.717) is 22.3 Å². The zero-order chi connectivity index (χ0) is 17.9. The Morgan fingerprint density at radius 1 is 1.00 bits per heavy atom. The normalized spacial score (nSPS) is 10.7. The van der Waals surface area contributed by atoms with Crippen molar-refractivity contribution in [2.24, 2.45) is 0 Å². The van der Waals surface area contributed by atoms with Crippen LogP contribution >= 0.6 is 11.6 Å². The second kappa shape index (κ2) is 6.85. The van der Waals surface area contributed by atoms with E-state index in [0.717, 1.165) is 11.1 Å². The smallest absolute Gasteiger partial charge is 0.258 e. The lowest BCUT2D eigenvalue weighted by atomic mass is 10.1. The van der Waals surface area contributed by atoms with Crippen molar-refractivity contribution in [1.82, 2.24) is 15.0 Å². The zero-order valence-corrected chi connectivity index (χ0v) is 14.2. The van der Waals surface area contributed by atoms with Crippen molar-refractivity contribution in [2.45, 2.75) is 0 Å². The summed E-state index contributed by atoms with van der Waals surface area (Å²) in [7, 11) is 0. The van der Waals surface area contributed by atoms with Crippen molar-refractivity contribution < 1.29 is 4.84 Å². The van der Waals surface area contributed by atoms with Crippen molar-refractivity contribution in [3.8, 4) is 16.9 Å². The molecule has 2 aromatic heterocycles. The number of aromatic nitrogens is 3. The van der Waals surface area contributed by atoms with E-state index in [2.05, 4.69) is 20.4 Å². The van der Waals surface area contributed by atoms with Crippen LogP contribution in [0.3, 0.4) is 0 Å². The summed E-state index contributed by atoms with van der Waals surface area (Å²) >= 11 is 6.15. The Kier molecular flexibility index (Phi) is 4.25. The SMILES string of the molecule is O=c1[nH]cnc2ccc(-c3cnc(Cl)c(NOc4ccccc4)c3)cc12. The Labute approximate surface area is 153 Å². The average molecular weight is 365 g/mol. The van der Waals surface area contributed by atoms with Gasteiger partial charge in [-0.2, -0.15) is 0 Å². The number of aromatic amines is 1. The molecule has 0 saturated carbocycles. The molecule has 6 nitrogen and oxygen atoms in total. The van der Waals surface area contributed by atoms with E-state index in [-0.39, 0.29) is 10.7 Å². The third kappa shape index (κ3) is 3.22. The Bertz CT molecular complexity index is 1130. The lowest BCUT2D eigenvalue weighted by Crippen LogP contribution is -2.06. The van der Waals surface area contributed by atoms with Gasteiger partial charge in [-0.05, 0) is 35.9 Å². The molecule has 0 saturated heterocycles. The van der Waals surface area contributed by atoms with Gasteiger partial charge in [-0.15, -0.1) is 0 Å². The van der Waals surface area contributed by atoms with Gasteiger partial charge >= 0.3 is 0 Å². The van der Waals surface area contributed by atoms with Gasteiger partial charge in [0.15, 0.2) is 10.9 Å². The van der Waals surface area contributed by atoms with Crippen LogP contribution < -0.4 is 15.9 Å². The third-order valence-electron chi connectivity index (χ3n) is 3.83. The molecule has 0 aliphatic heterocycles. The first kappa shape index (κ1) is 16.1. The molecule has 0 unspecified atom stereocenters. The van der Waals surface area contributed by atoms with E-state index < -0.39 is 0 Å². The van der Waals surface area contributed by atoms with Crippen molar-refractivity contribution in [3.63, 3.8) is 0 Å². The van der Waals surface area contributed by atoms with Crippen LogP contribution in [0.2, 0.25) is 5.15 Å². The van der Waals surface area contributed by atoms with Crippen LogP contribution in [-0.2, 0) is 0 Å². The highest BCUT2D eigenvalue weighted by Gasteiger charge is 2.08. The summed E-state index contributed by atoms with van der Waals surface area (Å²) in [6.07, 6.45) is 3.03. The summed E-state index contributed by atoms with van der Waals surface area (Å²) in [5.74, 6) is 0.650. The Balaban J connectivity index is 1.67. The van der Waals surface area contributed by atoms with E-state index in [9.17, 15) is 4.79 Å². The van der Waals surface area contributed by atoms with Crippen molar-refractivity contribution in [2.75, 3.05) is 5.48 Å². The summed E-state index contributed by atoms with van der Waals surface area (Å²) in [5, 5.41) is 0.792. The molecule has 2 heterocycles. The topological polar surface area (TPSA) is 79.9 Å². The summed E-state index contributed by atoms with van der Waals surface area (Å²) < 4.78 is 0. The number of rotatable bonds is 4. The van der Waals surface area contributed by atoms with E-state index >= 15 is 0 Å². The van der Waals surface area contributed by atoms with Crippen LogP contribution in [0.25, 0.3) is 22.0 Å². The van der Waals surface area contributed by atoms with Gasteiger partial charge < -0.3 is 9.82 Å². The number of hydrogen-bond donors (Lipinski definition) is 2. The predicted molar refractivity (Wildman–Crippen MR) is 101 cm³/mol. The zero-order valence-electron chi connectivity index (χ0n) is 13.4. The molecule has 0 aliphatic carbocycles. The molecule has 4 aromatic rings. The molecule has 0 amide bonds. The molecule has 0 bridgehead atoms. The minimum Gasteiger partial charge on any atom is -0.382 e. The number of hydrogen-bond acceptors (Lipinski definition) is 5. The summed E-state index contributed by atoms with van der Waals surface area (Å²) in [6.45, 7) is 0. The highest BCUT2D eigenvalue weighted by Crippen LogP contribution is 2.28. The number of para-hydroxylation sites is 1.